The predicted molar refractivity (Wildman–Crippen MR) is 69.2 cm³/mol. The Balaban J connectivity index is 2.41. The molecule has 0 aliphatic carbocycles. The van der Waals surface area contributed by atoms with Gasteiger partial charge >= 0.3 is 0 Å². The number of carbonyl (C=O) groups is 1. The first kappa shape index (κ1) is 13.6. The van der Waals surface area contributed by atoms with Gasteiger partial charge in [0, 0.05) is 6.04 Å². The number of ether oxygens (including phenoxy) is 1. The van der Waals surface area contributed by atoms with Gasteiger partial charge in [-0.2, -0.15) is 0 Å². The van der Waals surface area contributed by atoms with Crippen molar-refractivity contribution >= 4 is 5.91 Å². The van der Waals surface area contributed by atoms with Crippen LogP contribution in [0.3, 0.4) is 0 Å². The first-order chi connectivity index (χ1) is 8.17. The van der Waals surface area contributed by atoms with Crippen molar-refractivity contribution < 1.29 is 9.53 Å². The summed E-state index contributed by atoms with van der Waals surface area (Å²) in [6.45, 7) is 6.18. The number of nitrogens with one attached hydrogen (secondary N) is 1. The maximum absolute atomic E-state index is 11.6. The van der Waals surface area contributed by atoms with Gasteiger partial charge < -0.3 is 10.1 Å². The maximum Gasteiger partial charge on any atom is 0.258 e. The number of rotatable bonds is 6. The largest absolute Gasteiger partial charge is 0.484 e. The summed E-state index contributed by atoms with van der Waals surface area (Å²) in [6, 6.07) is 7.95. The summed E-state index contributed by atoms with van der Waals surface area (Å²) in [7, 11) is 0. The fraction of sp³-hybridized carbons (Fsp3) is 0.500. The first-order valence-corrected chi connectivity index (χ1v) is 6.15. The molecule has 17 heavy (non-hydrogen) atoms. The topological polar surface area (TPSA) is 38.3 Å². The van der Waals surface area contributed by atoms with E-state index >= 15 is 0 Å². The number of amides is 1. The van der Waals surface area contributed by atoms with Crippen molar-refractivity contribution in [2.24, 2.45) is 0 Å². The number of hydrogen-bond acceptors (Lipinski definition) is 2. The van der Waals surface area contributed by atoms with Gasteiger partial charge in [0.1, 0.15) is 5.75 Å². The highest BCUT2D eigenvalue weighted by Crippen LogP contribution is 2.15. The van der Waals surface area contributed by atoms with E-state index in [0.717, 1.165) is 24.2 Å². The molecule has 0 aliphatic heterocycles. The molecule has 0 aliphatic rings. The van der Waals surface area contributed by atoms with Crippen LogP contribution in [0.25, 0.3) is 0 Å². The average Bonchev–Trinajstić information content (AvgIpc) is 2.35. The number of hydrogen-bond donors (Lipinski definition) is 1. The Morgan fingerprint density at radius 3 is 2.53 bits per heavy atom. The van der Waals surface area contributed by atoms with Gasteiger partial charge in [0.25, 0.3) is 5.91 Å². The van der Waals surface area contributed by atoms with Gasteiger partial charge in [-0.15, -0.1) is 0 Å². The summed E-state index contributed by atoms with van der Waals surface area (Å²) >= 11 is 0. The minimum absolute atomic E-state index is 0.0537. The van der Waals surface area contributed by atoms with Crippen molar-refractivity contribution in [3.05, 3.63) is 29.8 Å². The summed E-state index contributed by atoms with van der Waals surface area (Å²) < 4.78 is 5.48. The van der Waals surface area contributed by atoms with E-state index in [2.05, 4.69) is 19.2 Å². The van der Waals surface area contributed by atoms with Crippen LogP contribution in [0.2, 0.25) is 0 Å². The van der Waals surface area contributed by atoms with Gasteiger partial charge in [-0.25, -0.2) is 0 Å². The van der Waals surface area contributed by atoms with Crippen LogP contribution in [0.4, 0.5) is 0 Å². The van der Waals surface area contributed by atoms with Crippen LogP contribution in [-0.2, 0) is 4.79 Å². The van der Waals surface area contributed by atoms with E-state index in [-0.39, 0.29) is 18.6 Å². The number of aryl methyl sites for hydroxylation is 1. The molecule has 3 heteroatoms. The fourth-order valence-electron chi connectivity index (χ4n) is 1.62. The molecule has 0 spiro atoms. The van der Waals surface area contributed by atoms with E-state index in [1.54, 1.807) is 0 Å². The molecule has 0 fully saturated rings. The average molecular weight is 235 g/mol. The molecule has 0 radical (unpaired) electrons. The van der Waals surface area contributed by atoms with E-state index in [4.69, 9.17) is 4.74 Å². The number of para-hydroxylation sites is 1. The predicted octanol–water partition coefficient (Wildman–Crippen LogP) is 2.68. The smallest absolute Gasteiger partial charge is 0.258 e. The molecular weight excluding hydrogens is 214 g/mol. The van der Waals surface area contributed by atoms with Crippen LogP contribution in [0.5, 0.6) is 5.75 Å². The second kappa shape index (κ2) is 6.94. The molecule has 0 atom stereocenters. The molecule has 1 rings (SSSR count). The lowest BCUT2D eigenvalue weighted by Crippen LogP contribution is -2.37. The Kier molecular flexibility index (Phi) is 5.53. The summed E-state index contributed by atoms with van der Waals surface area (Å²) in [6.07, 6.45) is 1.90. The molecule has 1 aromatic rings. The lowest BCUT2D eigenvalue weighted by Gasteiger charge is -2.15. The molecule has 0 aromatic heterocycles. The second-order valence-corrected chi connectivity index (χ2v) is 4.14. The van der Waals surface area contributed by atoms with Crippen molar-refractivity contribution in [2.45, 2.75) is 39.7 Å². The zero-order chi connectivity index (χ0) is 12.7. The highest BCUT2D eigenvalue weighted by Gasteiger charge is 2.09. The third kappa shape index (κ3) is 4.47. The first-order valence-electron chi connectivity index (χ1n) is 6.15. The molecule has 1 amide bonds. The Labute approximate surface area is 103 Å². The maximum atomic E-state index is 11.6. The van der Waals surface area contributed by atoms with Crippen LogP contribution in [0, 0.1) is 6.92 Å². The zero-order valence-corrected chi connectivity index (χ0v) is 10.8. The van der Waals surface area contributed by atoms with Gasteiger partial charge in [0.2, 0.25) is 0 Å². The van der Waals surface area contributed by atoms with Gasteiger partial charge in [0.05, 0.1) is 0 Å². The third-order valence-corrected chi connectivity index (χ3v) is 2.80. The fourth-order valence-corrected chi connectivity index (χ4v) is 1.62. The van der Waals surface area contributed by atoms with Gasteiger partial charge in [0.15, 0.2) is 6.61 Å². The van der Waals surface area contributed by atoms with E-state index in [0.29, 0.717) is 0 Å². The summed E-state index contributed by atoms with van der Waals surface area (Å²) in [5, 5.41) is 2.94. The number of carbonyl (C=O) groups excluding carboxylic acids is 1. The van der Waals surface area contributed by atoms with Gasteiger partial charge in [-0.1, -0.05) is 32.0 Å². The summed E-state index contributed by atoms with van der Waals surface area (Å²) in [5.74, 6) is 0.717. The molecule has 0 bridgehead atoms. The van der Waals surface area contributed by atoms with E-state index in [1.807, 2.05) is 31.2 Å². The molecule has 1 N–H and O–H groups in total. The quantitative estimate of drug-likeness (QED) is 0.823. The Morgan fingerprint density at radius 2 is 1.94 bits per heavy atom. The van der Waals surface area contributed by atoms with Crippen LogP contribution in [-0.4, -0.2) is 18.6 Å². The number of benzene rings is 1. The van der Waals surface area contributed by atoms with Crippen molar-refractivity contribution in [3.63, 3.8) is 0 Å². The Hall–Kier alpha value is -1.51. The van der Waals surface area contributed by atoms with E-state index in [1.165, 1.54) is 0 Å². The van der Waals surface area contributed by atoms with Crippen LogP contribution >= 0.6 is 0 Å². The molecular formula is C14H21NO2. The Morgan fingerprint density at radius 1 is 1.29 bits per heavy atom. The summed E-state index contributed by atoms with van der Waals surface area (Å²) in [4.78, 5) is 11.6. The highest BCUT2D eigenvalue weighted by atomic mass is 16.5. The molecule has 3 nitrogen and oxygen atoms in total. The van der Waals surface area contributed by atoms with Crippen LogP contribution in [0.1, 0.15) is 32.3 Å². The standard InChI is InChI=1S/C14H21NO2/c1-4-12(5-2)15-14(16)10-17-13-9-7-6-8-11(13)3/h6-9,12H,4-5,10H2,1-3H3,(H,15,16). The normalized spacial score (nSPS) is 10.4. The van der Waals surface area contributed by atoms with Crippen LogP contribution < -0.4 is 10.1 Å². The SMILES string of the molecule is CCC(CC)NC(=O)COc1ccccc1C. The summed E-state index contributed by atoms with van der Waals surface area (Å²) in [5.41, 5.74) is 1.04. The lowest BCUT2D eigenvalue weighted by molar-refractivity contribution is -0.123. The third-order valence-electron chi connectivity index (χ3n) is 2.80. The molecule has 0 unspecified atom stereocenters. The lowest BCUT2D eigenvalue weighted by atomic mass is 10.2. The monoisotopic (exact) mass is 235 g/mol. The van der Waals surface area contributed by atoms with Gasteiger partial charge in [-0.05, 0) is 31.4 Å². The highest BCUT2D eigenvalue weighted by molar-refractivity contribution is 5.77. The van der Waals surface area contributed by atoms with Crippen molar-refractivity contribution in [1.29, 1.82) is 0 Å². The Bertz CT molecular complexity index is 359. The van der Waals surface area contributed by atoms with Crippen molar-refractivity contribution in [2.75, 3.05) is 6.61 Å². The zero-order valence-electron chi connectivity index (χ0n) is 10.8. The second-order valence-electron chi connectivity index (χ2n) is 4.14. The van der Waals surface area contributed by atoms with Crippen molar-refractivity contribution in [3.8, 4) is 5.75 Å². The molecule has 1 aromatic carbocycles. The van der Waals surface area contributed by atoms with E-state index < -0.39 is 0 Å². The van der Waals surface area contributed by atoms with E-state index in [9.17, 15) is 4.79 Å². The molecule has 0 saturated heterocycles. The minimum atomic E-state index is -0.0537. The molecule has 94 valence electrons. The van der Waals surface area contributed by atoms with Gasteiger partial charge in [-0.3, -0.25) is 4.79 Å². The molecule has 0 heterocycles. The van der Waals surface area contributed by atoms with Crippen LogP contribution in [0.15, 0.2) is 24.3 Å². The van der Waals surface area contributed by atoms with Crippen molar-refractivity contribution in [1.82, 2.24) is 5.32 Å². The molecule has 0 saturated carbocycles. The minimum Gasteiger partial charge on any atom is -0.484 e.